The summed E-state index contributed by atoms with van der Waals surface area (Å²) in [4.78, 5) is 4.47. The van der Waals surface area contributed by atoms with Crippen LogP contribution in [0.2, 0.25) is 0 Å². The third-order valence-electron chi connectivity index (χ3n) is 3.46. The van der Waals surface area contributed by atoms with Gasteiger partial charge in [-0.1, -0.05) is 19.1 Å². The van der Waals surface area contributed by atoms with Gasteiger partial charge in [0.05, 0.1) is 11.4 Å². The molecule has 0 aliphatic carbocycles. The lowest BCUT2D eigenvalue weighted by atomic mass is 10.0. The molecule has 3 aromatic rings. The zero-order chi connectivity index (χ0) is 13.2. The molecule has 0 saturated heterocycles. The van der Waals surface area contributed by atoms with E-state index in [0.29, 0.717) is 0 Å². The van der Waals surface area contributed by atoms with Crippen LogP contribution in [-0.4, -0.2) is 9.38 Å². The number of nitrogens with two attached hydrogens (primary N) is 1. The quantitative estimate of drug-likeness (QED) is 0.775. The number of rotatable bonds is 3. The van der Waals surface area contributed by atoms with E-state index in [4.69, 9.17) is 5.73 Å². The molecule has 1 atom stereocenters. The van der Waals surface area contributed by atoms with Crippen LogP contribution in [0.3, 0.4) is 0 Å². The van der Waals surface area contributed by atoms with Gasteiger partial charge in [0, 0.05) is 24.0 Å². The maximum absolute atomic E-state index is 6.26. The van der Waals surface area contributed by atoms with Gasteiger partial charge in [0.25, 0.3) is 0 Å². The molecule has 0 saturated carbocycles. The number of aromatic nitrogens is 2. The zero-order valence-electron chi connectivity index (χ0n) is 11.0. The van der Waals surface area contributed by atoms with Crippen LogP contribution in [0, 0.1) is 0 Å². The van der Waals surface area contributed by atoms with Gasteiger partial charge in [-0.3, -0.25) is 4.98 Å². The largest absolute Gasteiger partial charge is 0.324 e. The van der Waals surface area contributed by atoms with Crippen LogP contribution in [0.5, 0.6) is 0 Å². The van der Waals surface area contributed by atoms with Crippen molar-refractivity contribution in [2.75, 3.05) is 0 Å². The average molecular weight is 251 g/mol. The first-order valence-corrected chi connectivity index (χ1v) is 6.58. The Morgan fingerprint density at radius 1 is 1.21 bits per heavy atom. The fraction of sp³-hybridized carbons (Fsp3) is 0.188. The Hall–Kier alpha value is -2.13. The van der Waals surface area contributed by atoms with Crippen LogP contribution in [0.25, 0.3) is 16.9 Å². The molecule has 3 nitrogen and oxygen atoms in total. The fourth-order valence-electron chi connectivity index (χ4n) is 2.42. The molecule has 0 amide bonds. The molecule has 3 aromatic heterocycles. The van der Waals surface area contributed by atoms with Crippen molar-refractivity contribution in [2.24, 2.45) is 5.73 Å². The van der Waals surface area contributed by atoms with E-state index in [1.807, 2.05) is 36.5 Å². The Labute approximate surface area is 112 Å². The van der Waals surface area contributed by atoms with Gasteiger partial charge in [0.1, 0.15) is 0 Å². The first-order valence-electron chi connectivity index (χ1n) is 6.58. The lowest BCUT2D eigenvalue weighted by molar-refractivity contribution is 0.700. The molecule has 0 aromatic carbocycles. The van der Waals surface area contributed by atoms with E-state index in [1.165, 1.54) is 0 Å². The highest BCUT2D eigenvalue weighted by Crippen LogP contribution is 2.30. The van der Waals surface area contributed by atoms with Gasteiger partial charge < -0.3 is 10.1 Å². The molecule has 1 unspecified atom stereocenters. The second-order valence-electron chi connectivity index (χ2n) is 4.67. The number of hydrogen-bond donors (Lipinski definition) is 1. The average Bonchev–Trinajstić information content (AvgIpc) is 2.86. The normalized spacial score (nSPS) is 12.7. The first-order chi connectivity index (χ1) is 9.31. The highest BCUT2D eigenvalue weighted by atomic mass is 14.9. The monoisotopic (exact) mass is 251 g/mol. The molecule has 96 valence electrons. The molecule has 3 heteroatoms. The predicted molar refractivity (Wildman–Crippen MR) is 77.8 cm³/mol. The second-order valence-corrected chi connectivity index (χ2v) is 4.67. The van der Waals surface area contributed by atoms with Crippen molar-refractivity contribution in [3.05, 3.63) is 60.4 Å². The molecule has 0 fully saturated rings. The summed E-state index contributed by atoms with van der Waals surface area (Å²) in [6, 6.07) is 14.3. The molecule has 19 heavy (non-hydrogen) atoms. The summed E-state index contributed by atoms with van der Waals surface area (Å²) in [5, 5.41) is 0. The minimum absolute atomic E-state index is 0.0388. The maximum Gasteiger partial charge on any atom is 0.0873 e. The molecule has 0 spiro atoms. The minimum atomic E-state index is 0.0388. The van der Waals surface area contributed by atoms with Gasteiger partial charge >= 0.3 is 0 Å². The van der Waals surface area contributed by atoms with Crippen LogP contribution < -0.4 is 5.73 Å². The van der Waals surface area contributed by atoms with E-state index in [1.54, 1.807) is 0 Å². The Morgan fingerprint density at radius 3 is 2.79 bits per heavy atom. The van der Waals surface area contributed by atoms with Crippen molar-refractivity contribution in [2.45, 2.75) is 19.4 Å². The zero-order valence-corrected chi connectivity index (χ0v) is 11.0. The molecule has 0 aliphatic heterocycles. The van der Waals surface area contributed by atoms with Crippen molar-refractivity contribution in [3.63, 3.8) is 0 Å². The molecular weight excluding hydrogens is 234 g/mol. The molecule has 3 heterocycles. The third-order valence-corrected chi connectivity index (χ3v) is 3.46. The number of fused-ring (bicyclic) bond motifs is 1. The SMILES string of the molecule is CCC(N)c1cc2ccccn2c1-c1ccccn1. The summed E-state index contributed by atoms with van der Waals surface area (Å²) in [7, 11) is 0. The highest BCUT2D eigenvalue weighted by molar-refractivity contribution is 5.70. The molecule has 0 radical (unpaired) electrons. The summed E-state index contributed by atoms with van der Waals surface area (Å²) in [6.45, 7) is 2.11. The number of hydrogen-bond acceptors (Lipinski definition) is 2. The highest BCUT2D eigenvalue weighted by Gasteiger charge is 2.16. The molecule has 0 aliphatic rings. The molecule has 2 N–H and O–H groups in total. The van der Waals surface area contributed by atoms with Gasteiger partial charge in [-0.25, -0.2) is 0 Å². The number of nitrogens with zero attached hydrogens (tertiary/aromatic N) is 2. The third kappa shape index (κ3) is 2.02. The van der Waals surface area contributed by atoms with Crippen molar-refractivity contribution in [1.29, 1.82) is 0 Å². The molecule has 3 rings (SSSR count). The van der Waals surface area contributed by atoms with Crippen LogP contribution >= 0.6 is 0 Å². The van der Waals surface area contributed by atoms with Crippen LogP contribution in [-0.2, 0) is 0 Å². The van der Waals surface area contributed by atoms with Crippen molar-refractivity contribution in [3.8, 4) is 11.4 Å². The Balaban J connectivity index is 2.31. The predicted octanol–water partition coefficient (Wildman–Crippen LogP) is 3.41. The first kappa shape index (κ1) is 11.9. The van der Waals surface area contributed by atoms with Crippen molar-refractivity contribution < 1.29 is 0 Å². The van der Waals surface area contributed by atoms with Gasteiger partial charge in [0.2, 0.25) is 0 Å². The van der Waals surface area contributed by atoms with Gasteiger partial charge in [0.15, 0.2) is 0 Å². The summed E-state index contributed by atoms with van der Waals surface area (Å²) in [6.07, 6.45) is 4.79. The molecular formula is C16H17N3. The van der Waals surface area contributed by atoms with E-state index in [9.17, 15) is 0 Å². The minimum Gasteiger partial charge on any atom is -0.324 e. The lowest BCUT2D eigenvalue weighted by Crippen LogP contribution is -2.09. The summed E-state index contributed by atoms with van der Waals surface area (Å²) in [5.41, 5.74) is 10.6. The van der Waals surface area contributed by atoms with Gasteiger partial charge in [-0.15, -0.1) is 0 Å². The Kier molecular flexibility index (Phi) is 3.05. The van der Waals surface area contributed by atoms with Gasteiger partial charge in [-0.05, 0) is 42.3 Å². The maximum atomic E-state index is 6.26. The Bertz CT molecular complexity index is 686. The van der Waals surface area contributed by atoms with E-state index >= 15 is 0 Å². The standard InChI is InChI=1S/C16H17N3/c1-2-14(17)13-11-12-7-4-6-10-19(12)16(13)15-8-3-5-9-18-15/h3-11,14H,2,17H2,1H3. The fourth-order valence-corrected chi connectivity index (χ4v) is 2.42. The summed E-state index contributed by atoms with van der Waals surface area (Å²) >= 11 is 0. The molecule has 0 bridgehead atoms. The number of pyridine rings is 2. The topological polar surface area (TPSA) is 43.3 Å². The summed E-state index contributed by atoms with van der Waals surface area (Å²) in [5.74, 6) is 0. The Morgan fingerprint density at radius 2 is 2.05 bits per heavy atom. The summed E-state index contributed by atoms with van der Waals surface area (Å²) < 4.78 is 2.16. The smallest absolute Gasteiger partial charge is 0.0873 e. The van der Waals surface area contributed by atoms with E-state index in [2.05, 4.69) is 34.6 Å². The van der Waals surface area contributed by atoms with Gasteiger partial charge in [-0.2, -0.15) is 0 Å². The second kappa shape index (κ2) is 4.86. The lowest BCUT2D eigenvalue weighted by Gasteiger charge is -2.11. The van der Waals surface area contributed by atoms with Crippen LogP contribution in [0.1, 0.15) is 24.9 Å². The van der Waals surface area contributed by atoms with E-state index in [0.717, 1.165) is 28.9 Å². The van der Waals surface area contributed by atoms with Crippen molar-refractivity contribution in [1.82, 2.24) is 9.38 Å². The van der Waals surface area contributed by atoms with Crippen LogP contribution in [0.4, 0.5) is 0 Å². The van der Waals surface area contributed by atoms with E-state index in [-0.39, 0.29) is 6.04 Å². The van der Waals surface area contributed by atoms with Crippen molar-refractivity contribution >= 4 is 5.52 Å². The van der Waals surface area contributed by atoms with Crippen LogP contribution in [0.15, 0.2) is 54.9 Å². The van der Waals surface area contributed by atoms with E-state index < -0.39 is 0 Å².